The number of nitrogens with one attached hydrogen (secondary N) is 2. The quantitative estimate of drug-likeness (QED) is 0.356. The number of hydrogen-bond donors (Lipinski definition) is 2. The van der Waals surface area contributed by atoms with Crippen LogP contribution in [0.25, 0.3) is 21.9 Å². The van der Waals surface area contributed by atoms with Gasteiger partial charge < -0.3 is 15.4 Å². The first-order chi connectivity index (χ1) is 17.5. The molecule has 1 fully saturated rings. The molecule has 4 heterocycles. The van der Waals surface area contributed by atoms with Crippen molar-refractivity contribution in [1.29, 1.82) is 0 Å². The molecule has 2 aromatic carbocycles. The summed E-state index contributed by atoms with van der Waals surface area (Å²) in [6.45, 7) is 1.13. The van der Waals surface area contributed by atoms with Crippen LogP contribution in [-0.2, 0) is 11.8 Å². The van der Waals surface area contributed by atoms with Crippen LogP contribution in [0.15, 0.2) is 42.7 Å². The first-order valence-corrected chi connectivity index (χ1v) is 11.4. The second-order valence-electron chi connectivity index (χ2n) is 8.60. The molecule has 0 radical (unpaired) electrons. The van der Waals surface area contributed by atoms with Gasteiger partial charge in [0.15, 0.2) is 23.1 Å². The van der Waals surface area contributed by atoms with Gasteiger partial charge in [0.05, 0.1) is 23.1 Å². The second kappa shape index (κ2) is 8.79. The smallest absolute Gasteiger partial charge is 0.229 e. The molecule has 9 nitrogen and oxygen atoms in total. The summed E-state index contributed by atoms with van der Waals surface area (Å²) in [6, 6.07) is 7.00. The molecule has 0 saturated carbocycles. The molecular formula is C24H21F3N8O. The topological polar surface area (TPSA) is 94.7 Å². The van der Waals surface area contributed by atoms with Crippen molar-refractivity contribution < 1.29 is 17.9 Å². The average Bonchev–Trinajstić information content (AvgIpc) is 3.42. The Morgan fingerprint density at radius 3 is 2.56 bits per heavy atom. The van der Waals surface area contributed by atoms with Gasteiger partial charge in [-0.05, 0) is 31.0 Å². The van der Waals surface area contributed by atoms with Gasteiger partial charge in [0.2, 0.25) is 5.95 Å². The predicted molar refractivity (Wildman–Crippen MR) is 128 cm³/mol. The fourth-order valence-electron chi connectivity index (χ4n) is 4.39. The van der Waals surface area contributed by atoms with E-state index < -0.39 is 23.1 Å². The highest BCUT2D eigenvalue weighted by Gasteiger charge is 2.24. The third-order valence-electron chi connectivity index (χ3n) is 6.24. The number of nitrogens with zero attached hydrogens (tertiary/aromatic N) is 6. The number of anilines is 4. The molecule has 6 rings (SSSR count). The van der Waals surface area contributed by atoms with E-state index in [-0.39, 0.29) is 11.9 Å². The number of aryl methyl sites for hydroxylation is 1. The van der Waals surface area contributed by atoms with Gasteiger partial charge >= 0.3 is 0 Å². The van der Waals surface area contributed by atoms with Crippen LogP contribution in [0, 0.1) is 17.5 Å². The largest absolute Gasteiger partial charge is 0.381 e. The minimum atomic E-state index is -1.06. The van der Waals surface area contributed by atoms with Crippen molar-refractivity contribution in [3.8, 4) is 0 Å². The Balaban J connectivity index is 1.40. The summed E-state index contributed by atoms with van der Waals surface area (Å²) in [4.78, 5) is 9.09. The lowest BCUT2D eigenvalue weighted by Gasteiger charge is -2.22. The van der Waals surface area contributed by atoms with Gasteiger partial charge in [0.1, 0.15) is 11.5 Å². The van der Waals surface area contributed by atoms with Crippen molar-refractivity contribution in [1.82, 2.24) is 29.5 Å². The SMILES string of the molecule is Cn1ncc2ccc(Nc3ncc4c(Nc5c(F)cc(F)cc5F)nn(C5CCOCC5)c4n3)cc21. The van der Waals surface area contributed by atoms with E-state index >= 15 is 0 Å². The molecular weight excluding hydrogens is 473 g/mol. The molecule has 0 amide bonds. The summed E-state index contributed by atoms with van der Waals surface area (Å²) in [5.41, 5.74) is 1.72. The Bertz CT molecular complexity index is 1570. The van der Waals surface area contributed by atoms with Crippen LogP contribution in [0.1, 0.15) is 18.9 Å². The van der Waals surface area contributed by atoms with E-state index in [9.17, 15) is 13.2 Å². The summed E-state index contributed by atoms with van der Waals surface area (Å²) in [5.74, 6) is -2.62. The van der Waals surface area contributed by atoms with Crippen molar-refractivity contribution in [2.24, 2.45) is 7.05 Å². The molecule has 0 atom stereocenters. The van der Waals surface area contributed by atoms with E-state index in [1.54, 1.807) is 15.6 Å². The van der Waals surface area contributed by atoms with Gasteiger partial charge in [-0.1, -0.05) is 0 Å². The number of rotatable bonds is 5. The molecule has 0 unspecified atom stereocenters. The van der Waals surface area contributed by atoms with Crippen molar-refractivity contribution in [2.45, 2.75) is 18.9 Å². The second-order valence-corrected chi connectivity index (χ2v) is 8.60. The lowest BCUT2D eigenvalue weighted by atomic mass is 10.1. The van der Waals surface area contributed by atoms with E-state index in [1.165, 1.54) is 6.20 Å². The highest BCUT2D eigenvalue weighted by molar-refractivity contribution is 5.90. The lowest BCUT2D eigenvalue weighted by Crippen LogP contribution is -2.21. The zero-order valence-corrected chi connectivity index (χ0v) is 19.2. The number of hydrogen-bond acceptors (Lipinski definition) is 7. The molecule has 5 aromatic rings. The molecule has 12 heteroatoms. The molecule has 0 aliphatic carbocycles. The monoisotopic (exact) mass is 494 g/mol. The van der Waals surface area contributed by atoms with Crippen LogP contribution < -0.4 is 10.6 Å². The van der Waals surface area contributed by atoms with Crippen LogP contribution >= 0.6 is 0 Å². The van der Waals surface area contributed by atoms with Crippen LogP contribution in [0.3, 0.4) is 0 Å². The number of halogens is 3. The number of fused-ring (bicyclic) bond motifs is 2. The Morgan fingerprint density at radius 2 is 1.78 bits per heavy atom. The van der Waals surface area contributed by atoms with Gasteiger partial charge in [0.25, 0.3) is 0 Å². The minimum Gasteiger partial charge on any atom is -0.381 e. The number of aromatic nitrogens is 6. The maximum atomic E-state index is 14.3. The molecule has 0 bridgehead atoms. The standard InChI is InChI=1S/C24H21F3N8O/c1-34-20-10-15(3-2-13(20)11-29-34)30-24-28-12-17-22(31-21-18(26)8-14(25)9-19(21)27)33-35(23(17)32-24)16-4-6-36-7-5-16/h2-3,8-12,16H,4-7H2,1H3,(H,31,33)(H,28,30,32). The molecule has 36 heavy (non-hydrogen) atoms. The zero-order chi connectivity index (χ0) is 24.8. The van der Waals surface area contributed by atoms with Crippen molar-refractivity contribution >= 4 is 45.1 Å². The van der Waals surface area contributed by atoms with E-state index in [0.29, 0.717) is 55.2 Å². The van der Waals surface area contributed by atoms with E-state index in [4.69, 9.17) is 4.74 Å². The van der Waals surface area contributed by atoms with Crippen LogP contribution in [0.2, 0.25) is 0 Å². The number of benzene rings is 2. The first-order valence-electron chi connectivity index (χ1n) is 11.4. The normalized spacial score (nSPS) is 14.6. The third-order valence-corrected chi connectivity index (χ3v) is 6.24. The fourth-order valence-corrected chi connectivity index (χ4v) is 4.39. The van der Waals surface area contributed by atoms with Crippen molar-refractivity contribution in [3.05, 3.63) is 60.2 Å². The maximum absolute atomic E-state index is 14.3. The van der Waals surface area contributed by atoms with Gasteiger partial charge in [-0.25, -0.2) is 22.8 Å². The minimum absolute atomic E-state index is 0.0201. The third kappa shape index (κ3) is 3.98. The summed E-state index contributed by atoms with van der Waals surface area (Å²) < 4.78 is 51.1. The molecule has 0 spiro atoms. The van der Waals surface area contributed by atoms with Crippen LogP contribution in [0.4, 0.5) is 36.3 Å². The van der Waals surface area contributed by atoms with Crippen LogP contribution in [0.5, 0.6) is 0 Å². The van der Waals surface area contributed by atoms with Gasteiger partial charge in [-0.15, -0.1) is 0 Å². The van der Waals surface area contributed by atoms with Gasteiger partial charge in [-0.3, -0.25) is 4.68 Å². The molecule has 1 aliphatic rings. The molecule has 1 saturated heterocycles. The van der Waals surface area contributed by atoms with E-state index in [1.807, 2.05) is 25.2 Å². The fraction of sp³-hybridized carbons (Fsp3) is 0.250. The highest BCUT2D eigenvalue weighted by Crippen LogP contribution is 2.33. The average molecular weight is 494 g/mol. The Labute approximate surface area is 202 Å². The van der Waals surface area contributed by atoms with E-state index in [2.05, 4.69) is 30.8 Å². The summed E-state index contributed by atoms with van der Waals surface area (Å²) in [7, 11) is 1.86. The predicted octanol–water partition coefficient (Wildman–Crippen LogP) is 4.97. The maximum Gasteiger partial charge on any atom is 0.229 e. The van der Waals surface area contributed by atoms with Gasteiger partial charge in [-0.2, -0.15) is 15.2 Å². The van der Waals surface area contributed by atoms with Crippen molar-refractivity contribution in [2.75, 3.05) is 23.8 Å². The molecule has 1 aliphatic heterocycles. The van der Waals surface area contributed by atoms with Crippen molar-refractivity contribution in [3.63, 3.8) is 0 Å². The summed E-state index contributed by atoms with van der Waals surface area (Å²) in [6.07, 6.45) is 4.74. The summed E-state index contributed by atoms with van der Waals surface area (Å²) >= 11 is 0. The van der Waals surface area contributed by atoms with Crippen LogP contribution in [-0.4, -0.2) is 42.7 Å². The Kier molecular flexibility index (Phi) is 5.44. The van der Waals surface area contributed by atoms with E-state index in [0.717, 1.165) is 16.6 Å². The number of ether oxygens (including phenoxy) is 1. The molecule has 2 N–H and O–H groups in total. The first kappa shape index (κ1) is 22.3. The molecule has 184 valence electrons. The molecule has 3 aromatic heterocycles. The highest BCUT2D eigenvalue weighted by atomic mass is 19.1. The zero-order valence-electron chi connectivity index (χ0n) is 19.2. The Hall–Kier alpha value is -4.19. The van der Waals surface area contributed by atoms with Gasteiger partial charge in [0, 0.05) is 49.7 Å². The lowest BCUT2D eigenvalue weighted by molar-refractivity contribution is 0.0674. The summed E-state index contributed by atoms with van der Waals surface area (Å²) in [5, 5.41) is 16.2. The Morgan fingerprint density at radius 1 is 1.00 bits per heavy atom.